The monoisotopic (exact) mass is 289 g/mol. The molecule has 0 saturated carbocycles. The predicted octanol–water partition coefficient (Wildman–Crippen LogP) is 3.17. The SMILES string of the molecule is CC(CC(F)(F)F)NC(=O)Nc1cccc(C(C)N)c1. The van der Waals surface area contributed by atoms with Crippen LogP contribution in [0.2, 0.25) is 0 Å². The number of anilines is 1. The molecule has 1 aromatic carbocycles. The van der Waals surface area contributed by atoms with Crippen molar-refractivity contribution >= 4 is 11.7 Å². The smallest absolute Gasteiger partial charge is 0.335 e. The van der Waals surface area contributed by atoms with Crippen LogP contribution in [0.5, 0.6) is 0 Å². The fourth-order valence-corrected chi connectivity index (χ4v) is 1.69. The Labute approximate surface area is 115 Å². The number of hydrogen-bond acceptors (Lipinski definition) is 2. The number of amides is 2. The molecule has 2 atom stereocenters. The van der Waals surface area contributed by atoms with Crippen LogP contribution in [0.4, 0.5) is 23.7 Å². The van der Waals surface area contributed by atoms with Gasteiger partial charge in [-0.3, -0.25) is 0 Å². The third kappa shape index (κ3) is 5.92. The highest BCUT2D eigenvalue weighted by molar-refractivity contribution is 5.89. The summed E-state index contributed by atoms with van der Waals surface area (Å²) in [4.78, 5) is 11.6. The van der Waals surface area contributed by atoms with E-state index in [-0.39, 0.29) is 6.04 Å². The number of benzene rings is 1. The second-order valence-corrected chi connectivity index (χ2v) is 4.73. The molecule has 2 amide bonds. The Bertz CT molecular complexity index is 460. The standard InChI is InChI=1S/C13H18F3N3O/c1-8(7-13(14,15)16)18-12(20)19-11-5-3-4-10(6-11)9(2)17/h3-6,8-9H,7,17H2,1-2H3,(H2,18,19,20). The number of urea groups is 1. The maximum absolute atomic E-state index is 12.1. The van der Waals surface area contributed by atoms with Crippen molar-refractivity contribution in [2.75, 3.05) is 5.32 Å². The van der Waals surface area contributed by atoms with Crippen LogP contribution in [0, 0.1) is 0 Å². The van der Waals surface area contributed by atoms with Crippen LogP contribution < -0.4 is 16.4 Å². The fourth-order valence-electron chi connectivity index (χ4n) is 1.69. The molecule has 0 fully saturated rings. The molecular weight excluding hydrogens is 271 g/mol. The first-order valence-electron chi connectivity index (χ1n) is 6.17. The lowest BCUT2D eigenvalue weighted by Gasteiger charge is -2.16. The first kappa shape index (κ1) is 16.3. The lowest BCUT2D eigenvalue weighted by atomic mass is 10.1. The second-order valence-electron chi connectivity index (χ2n) is 4.73. The molecule has 0 aliphatic heterocycles. The summed E-state index contributed by atoms with van der Waals surface area (Å²) >= 11 is 0. The van der Waals surface area contributed by atoms with Gasteiger partial charge in [0.1, 0.15) is 0 Å². The van der Waals surface area contributed by atoms with Crippen molar-refractivity contribution in [1.82, 2.24) is 5.32 Å². The second kappa shape index (κ2) is 6.60. The highest BCUT2D eigenvalue weighted by atomic mass is 19.4. The zero-order valence-corrected chi connectivity index (χ0v) is 11.3. The number of halogens is 3. The Kier molecular flexibility index (Phi) is 5.38. The molecular formula is C13H18F3N3O. The van der Waals surface area contributed by atoms with Crippen LogP contribution in [-0.4, -0.2) is 18.2 Å². The summed E-state index contributed by atoms with van der Waals surface area (Å²) in [5, 5.41) is 4.71. The van der Waals surface area contributed by atoms with Gasteiger partial charge in [0.2, 0.25) is 0 Å². The molecule has 0 spiro atoms. The van der Waals surface area contributed by atoms with E-state index in [0.29, 0.717) is 5.69 Å². The van der Waals surface area contributed by atoms with Gasteiger partial charge in [-0.1, -0.05) is 12.1 Å². The van der Waals surface area contributed by atoms with Crippen LogP contribution in [0.3, 0.4) is 0 Å². The highest BCUT2D eigenvalue weighted by Gasteiger charge is 2.30. The average molecular weight is 289 g/mol. The molecule has 0 aromatic heterocycles. The van der Waals surface area contributed by atoms with Crippen LogP contribution in [0.25, 0.3) is 0 Å². The Balaban J connectivity index is 2.56. The molecule has 0 heterocycles. The minimum Gasteiger partial charge on any atom is -0.335 e. The van der Waals surface area contributed by atoms with Gasteiger partial charge in [0.15, 0.2) is 0 Å². The lowest BCUT2D eigenvalue weighted by Crippen LogP contribution is -2.38. The van der Waals surface area contributed by atoms with Crippen molar-refractivity contribution < 1.29 is 18.0 Å². The van der Waals surface area contributed by atoms with Gasteiger partial charge in [0.05, 0.1) is 6.42 Å². The lowest BCUT2D eigenvalue weighted by molar-refractivity contribution is -0.138. The van der Waals surface area contributed by atoms with Gasteiger partial charge in [0.25, 0.3) is 0 Å². The van der Waals surface area contributed by atoms with E-state index in [2.05, 4.69) is 10.6 Å². The summed E-state index contributed by atoms with van der Waals surface area (Å²) in [5.41, 5.74) is 7.02. The van der Waals surface area contributed by atoms with E-state index < -0.39 is 24.7 Å². The number of hydrogen-bond donors (Lipinski definition) is 3. The minimum absolute atomic E-state index is 0.191. The zero-order chi connectivity index (χ0) is 15.3. The van der Waals surface area contributed by atoms with Gasteiger partial charge in [-0.05, 0) is 31.5 Å². The van der Waals surface area contributed by atoms with Crippen molar-refractivity contribution in [2.24, 2.45) is 5.73 Å². The van der Waals surface area contributed by atoms with Crippen LogP contribution in [0.15, 0.2) is 24.3 Å². The van der Waals surface area contributed by atoms with Crippen molar-refractivity contribution in [2.45, 2.75) is 38.5 Å². The number of rotatable bonds is 4. The van der Waals surface area contributed by atoms with Gasteiger partial charge >= 0.3 is 12.2 Å². The first-order chi connectivity index (χ1) is 9.17. The topological polar surface area (TPSA) is 67.2 Å². The van der Waals surface area contributed by atoms with Crippen LogP contribution >= 0.6 is 0 Å². The quantitative estimate of drug-likeness (QED) is 0.797. The molecule has 1 rings (SSSR count). The minimum atomic E-state index is -4.30. The van der Waals surface area contributed by atoms with Gasteiger partial charge in [-0.25, -0.2) is 4.79 Å². The van der Waals surface area contributed by atoms with Crippen molar-refractivity contribution in [1.29, 1.82) is 0 Å². The van der Waals surface area contributed by atoms with Gasteiger partial charge in [-0.15, -0.1) is 0 Å². The third-order valence-electron chi connectivity index (χ3n) is 2.59. The summed E-state index contributed by atoms with van der Waals surface area (Å²) in [7, 11) is 0. The van der Waals surface area contributed by atoms with Crippen molar-refractivity contribution in [3.8, 4) is 0 Å². The summed E-state index contributed by atoms with van der Waals surface area (Å²) in [6.07, 6.45) is -5.37. The van der Waals surface area contributed by atoms with E-state index in [9.17, 15) is 18.0 Å². The molecule has 4 nitrogen and oxygen atoms in total. The molecule has 0 aliphatic carbocycles. The number of carbonyl (C=O) groups is 1. The van der Waals surface area contributed by atoms with Gasteiger partial charge in [0, 0.05) is 17.8 Å². The highest BCUT2D eigenvalue weighted by Crippen LogP contribution is 2.21. The molecule has 7 heteroatoms. The Hall–Kier alpha value is -1.76. The summed E-state index contributed by atoms with van der Waals surface area (Å²) in [5.74, 6) is 0. The maximum atomic E-state index is 12.1. The molecule has 112 valence electrons. The molecule has 0 bridgehead atoms. The van der Waals surface area contributed by atoms with E-state index in [1.165, 1.54) is 6.92 Å². The van der Waals surface area contributed by atoms with E-state index in [1.54, 1.807) is 31.2 Å². The fraction of sp³-hybridized carbons (Fsp3) is 0.462. The first-order valence-corrected chi connectivity index (χ1v) is 6.17. The van der Waals surface area contributed by atoms with Crippen LogP contribution in [0.1, 0.15) is 31.9 Å². The Morgan fingerprint density at radius 3 is 2.55 bits per heavy atom. The number of nitrogens with two attached hydrogens (primary N) is 1. The van der Waals surface area contributed by atoms with Crippen LogP contribution in [-0.2, 0) is 0 Å². The largest absolute Gasteiger partial charge is 0.391 e. The molecule has 2 unspecified atom stereocenters. The molecule has 20 heavy (non-hydrogen) atoms. The molecule has 4 N–H and O–H groups in total. The zero-order valence-electron chi connectivity index (χ0n) is 11.3. The van der Waals surface area contributed by atoms with Gasteiger partial charge in [-0.2, -0.15) is 13.2 Å². The summed E-state index contributed by atoms with van der Waals surface area (Å²) in [6.45, 7) is 3.09. The van der Waals surface area contributed by atoms with E-state index in [4.69, 9.17) is 5.73 Å². The summed E-state index contributed by atoms with van der Waals surface area (Å²) in [6, 6.07) is 4.98. The molecule has 0 saturated heterocycles. The van der Waals surface area contributed by atoms with Gasteiger partial charge < -0.3 is 16.4 Å². The molecule has 1 aromatic rings. The average Bonchev–Trinajstić information content (AvgIpc) is 2.25. The van der Waals surface area contributed by atoms with Crippen molar-refractivity contribution in [3.63, 3.8) is 0 Å². The number of nitrogens with one attached hydrogen (secondary N) is 2. The molecule has 0 aliphatic rings. The van der Waals surface area contributed by atoms with Crippen molar-refractivity contribution in [3.05, 3.63) is 29.8 Å². The predicted molar refractivity (Wildman–Crippen MR) is 71.3 cm³/mol. The molecule has 0 radical (unpaired) electrons. The number of alkyl halides is 3. The maximum Gasteiger partial charge on any atom is 0.391 e. The number of carbonyl (C=O) groups excluding carboxylic acids is 1. The summed E-state index contributed by atoms with van der Waals surface area (Å²) < 4.78 is 36.4. The van der Waals surface area contributed by atoms with E-state index >= 15 is 0 Å². The van der Waals surface area contributed by atoms with E-state index in [1.807, 2.05) is 0 Å². The third-order valence-corrected chi connectivity index (χ3v) is 2.59. The Morgan fingerprint density at radius 2 is 2.00 bits per heavy atom. The van der Waals surface area contributed by atoms with E-state index in [0.717, 1.165) is 5.56 Å². The Morgan fingerprint density at radius 1 is 1.35 bits per heavy atom. The normalized spacial score (nSPS) is 14.5.